The van der Waals surface area contributed by atoms with Crippen LogP contribution in [0.1, 0.15) is 104 Å². The molecule has 2 heteroatoms. The average molecular weight is 311 g/mol. The number of aliphatic carboxylic acids is 1. The Balaban J connectivity index is 3.90. The summed E-state index contributed by atoms with van der Waals surface area (Å²) in [5, 5.41) is 9.20. The third-order valence-electron chi connectivity index (χ3n) is 4.58. The minimum absolute atomic E-state index is 0.190. The van der Waals surface area contributed by atoms with Crippen molar-refractivity contribution in [2.45, 2.75) is 104 Å². The Morgan fingerprint density at radius 3 is 1.50 bits per heavy atom. The van der Waals surface area contributed by atoms with E-state index in [-0.39, 0.29) is 5.92 Å². The van der Waals surface area contributed by atoms with Gasteiger partial charge in [-0.1, -0.05) is 97.5 Å². The van der Waals surface area contributed by atoms with E-state index in [1.54, 1.807) is 0 Å². The zero-order valence-electron chi connectivity index (χ0n) is 15.0. The molecule has 0 aliphatic carbocycles. The van der Waals surface area contributed by atoms with E-state index in [4.69, 9.17) is 0 Å². The molecule has 1 N–H and O–H groups in total. The van der Waals surface area contributed by atoms with Crippen molar-refractivity contribution in [3.8, 4) is 0 Å². The molecule has 0 atom stereocenters. The van der Waals surface area contributed by atoms with Crippen molar-refractivity contribution in [2.75, 3.05) is 0 Å². The topological polar surface area (TPSA) is 37.3 Å². The van der Waals surface area contributed by atoms with E-state index in [1.807, 2.05) is 0 Å². The molecular formula is C20H38O2. The smallest absolute Gasteiger partial charge is 0.331 e. The second-order valence-electron chi connectivity index (χ2n) is 6.64. The van der Waals surface area contributed by atoms with Crippen molar-refractivity contribution < 1.29 is 9.90 Å². The molecule has 0 aromatic heterocycles. The molecule has 0 unspecified atom stereocenters. The van der Waals surface area contributed by atoms with Gasteiger partial charge in [-0.3, -0.25) is 0 Å². The number of carbonyl (C=O) groups is 1. The van der Waals surface area contributed by atoms with Crippen LogP contribution in [0.4, 0.5) is 0 Å². The molecule has 0 radical (unpaired) electrons. The van der Waals surface area contributed by atoms with Gasteiger partial charge in [0.05, 0.1) is 0 Å². The lowest BCUT2D eigenvalue weighted by atomic mass is 9.88. The minimum atomic E-state index is -0.804. The third kappa shape index (κ3) is 11.8. The summed E-state index contributed by atoms with van der Waals surface area (Å²) in [7, 11) is 0. The fourth-order valence-electron chi connectivity index (χ4n) is 3.01. The molecular weight excluding hydrogens is 272 g/mol. The summed E-state index contributed by atoms with van der Waals surface area (Å²) in [5.74, 6) is -0.614. The number of rotatable bonds is 16. The Morgan fingerprint density at radius 1 is 0.773 bits per heavy atom. The van der Waals surface area contributed by atoms with Gasteiger partial charge in [0.15, 0.2) is 0 Å². The summed E-state index contributed by atoms with van der Waals surface area (Å²) in [6.07, 6.45) is 17.2. The van der Waals surface area contributed by atoms with Crippen molar-refractivity contribution in [1.82, 2.24) is 0 Å². The molecule has 0 aliphatic rings. The molecule has 0 rings (SSSR count). The van der Waals surface area contributed by atoms with Crippen LogP contribution in [0.3, 0.4) is 0 Å². The number of hydrogen-bond donors (Lipinski definition) is 1. The van der Waals surface area contributed by atoms with Crippen LogP contribution in [0.25, 0.3) is 0 Å². The maximum atomic E-state index is 11.2. The maximum absolute atomic E-state index is 11.2. The summed E-state index contributed by atoms with van der Waals surface area (Å²) in [6, 6.07) is 0. The van der Waals surface area contributed by atoms with Gasteiger partial charge >= 0.3 is 5.97 Å². The van der Waals surface area contributed by atoms with Crippen LogP contribution in [0, 0.1) is 5.92 Å². The fraction of sp³-hybridized carbons (Fsp3) is 0.850. The lowest BCUT2D eigenvalue weighted by Gasteiger charge is -2.17. The second-order valence-corrected chi connectivity index (χ2v) is 6.64. The Bertz CT molecular complexity index is 267. The van der Waals surface area contributed by atoms with E-state index in [9.17, 15) is 9.90 Å². The Kier molecular flexibility index (Phi) is 14.6. The Labute approximate surface area is 138 Å². The van der Waals surface area contributed by atoms with Crippen molar-refractivity contribution in [1.29, 1.82) is 0 Å². The van der Waals surface area contributed by atoms with Gasteiger partial charge in [0.25, 0.3) is 0 Å². The van der Waals surface area contributed by atoms with Crippen LogP contribution >= 0.6 is 0 Å². The Hall–Kier alpha value is -0.790. The minimum Gasteiger partial charge on any atom is -0.478 e. The summed E-state index contributed by atoms with van der Waals surface area (Å²) in [4.78, 5) is 11.2. The van der Waals surface area contributed by atoms with Gasteiger partial charge in [0.1, 0.15) is 0 Å². The summed E-state index contributed by atoms with van der Waals surface area (Å²) >= 11 is 0. The highest BCUT2D eigenvalue weighted by atomic mass is 16.4. The Morgan fingerprint density at radius 2 is 1.14 bits per heavy atom. The highest BCUT2D eigenvalue weighted by Crippen LogP contribution is 2.25. The molecule has 2 nitrogen and oxygen atoms in total. The molecule has 0 saturated heterocycles. The standard InChI is InChI=1S/C20H38O2/c1-4-6-8-10-12-14-16-19(18(3)20(21)22)17-15-13-11-9-7-5-2/h19H,3-17H2,1-2H3,(H,21,22). The number of hydrogen-bond acceptors (Lipinski definition) is 1. The normalized spacial score (nSPS) is 11.0. The van der Waals surface area contributed by atoms with E-state index in [1.165, 1.54) is 64.2 Å². The molecule has 0 saturated carbocycles. The van der Waals surface area contributed by atoms with Crippen molar-refractivity contribution in [3.05, 3.63) is 12.2 Å². The first-order chi connectivity index (χ1) is 10.6. The molecule has 0 aliphatic heterocycles. The summed E-state index contributed by atoms with van der Waals surface area (Å²) in [5.41, 5.74) is 0.433. The van der Waals surface area contributed by atoms with E-state index in [2.05, 4.69) is 20.4 Å². The van der Waals surface area contributed by atoms with E-state index in [0.29, 0.717) is 5.57 Å². The van der Waals surface area contributed by atoms with Gasteiger partial charge in [-0.2, -0.15) is 0 Å². The van der Waals surface area contributed by atoms with Crippen LogP contribution in [0.5, 0.6) is 0 Å². The number of carboxylic acids is 1. The summed E-state index contributed by atoms with van der Waals surface area (Å²) < 4.78 is 0. The van der Waals surface area contributed by atoms with Crippen LogP contribution in [0.2, 0.25) is 0 Å². The molecule has 0 aromatic rings. The van der Waals surface area contributed by atoms with Gasteiger partial charge < -0.3 is 5.11 Å². The zero-order valence-corrected chi connectivity index (χ0v) is 15.0. The van der Waals surface area contributed by atoms with E-state index < -0.39 is 5.97 Å². The molecule has 0 spiro atoms. The second kappa shape index (κ2) is 15.1. The van der Waals surface area contributed by atoms with Crippen molar-refractivity contribution in [2.24, 2.45) is 5.92 Å². The first-order valence-corrected chi connectivity index (χ1v) is 9.55. The van der Waals surface area contributed by atoms with Crippen LogP contribution in [-0.4, -0.2) is 11.1 Å². The number of unbranched alkanes of at least 4 members (excludes halogenated alkanes) is 10. The maximum Gasteiger partial charge on any atom is 0.331 e. The summed E-state index contributed by atoms with van der Waals surface area (Å²) in [6.45, 7) is 8.27. The highest BCUT2D eigenvalue weighted by molar-refractivity contribution is 5.86. The molecule has 130 valence electrons. The van der Waals surface area contributed by atoms with Crippen LogP contribution in [-0.2, 0) is 4.79 Å². The molecule has 0 aromatic carbocycles. The van der Waals surface area contributed by atoms with Gasteiger partial charge in [0, 0.05) is 5.57 Å². The van der Waals surface area contributed by atoms with Crippen molar-refractivity contribution in [3.63, 3.8) is 0 Å². The molecule has 0 fully saturated rings. The average Bonchev–Trinajstić information content (AvgIpc) is 2.51. The molecule has 22 heavy (non-hydrogen) atoms. The number of carboxylic acid groups (broad SMARTS) is 1. The first kappa shape index (κ1) is 21.2. The quantitative estimate of drug-likeness (QED) is 0.253. The van der Waals surface area contributed by atoms with Gasteiger partial charge in [-0.15, -0.1) is 0 Å². The van der Waals surface area contributed by atoms with E-state index >= 15 is 0 Å². The monoisotopic (exact) mass is 310 g/mol. The molecule has 0 amide bonds. The lowest BCUT2D eigenvalue weighted by molar-refractivity contribution is -0.133. The van der Waals surface area contributed by atoms with Crippen LogP contribution in [0.15, 0.2) is 12.2 Å². The molecule has 0 bridgehead atoms. The van der Waals surface area contributed by atoms with Crippen LogP contribution < -0.4 is 0 Å². The lowest BCUT2D eigenvalue weighted by Crippen LogP contribution is -2.12. The van der Waals surface area contributed by atoms with E-state index in [0.717, 1.165) is 25.7 Å². The predicted octanol–water partition coefficient (Wildman–Crippen LogP) is 6.74. The fourth-order valence-corrected chi connectivity index (χ4v) is 3.01. The van der Waals surface area contributed by atoms with Gasteiger partial charge in [-0.05, 0) is 18.8 Å². The van der Waals surface area contributed by atoms with Gasteiger partial charge in [-0.25, -0.2) is 4.79 Å². The largest absolute Gasteiger partial charge is 0.478 e. The predicted molar refractivity (Wildman–Crippen MR) is 96.3 cm³/mol. The van der Waals surface area contributed by atoms with Crippen molar-refractivity contribution >= 4 is 5.97 Å². The van der Waals surface area contributed by atoms with Gasteiger partial charge in [0.2, 0.25) is 0 Å². The molecule has 0 heterocycles. The SMILES string of the molecule is C=C(C(=O)O)C(CCCCCCCC)CCCCCCCC. The highest BCUT2D eigenvalue weighted by Gasteiger charge is 2.17. The third-order valence-corrected chi connectivity index (χ3v) is 4.58. The zero-order chi connectivity index (χ0) is 16.6. The first-order valence-electron chi connectivity index (χ1n) is 9.55.